The summed E-state index contributed by atoms with van der Waals surface area (Å²) in [4.78, 5) is 25.3. The molecule has 1 amide bonds. The van der Waals surface area contributed by atoms with Gasteiger partial charge in [0.15, 0.2) is 0 Å². The third kappa shape index (κ3) is 3.76. The maximum Gasteiger partial charge on any atom is 0.267 e. The number of aromatic nitrogens is 1. The van der Waals surface area contributed by atoms with Gasteiger partial charge >= 0.3 is 0 Å². The SMILES string of the molecule is CC(C)N(Cc1ccccn1)C(=O)[C@@H]1CC(c2ccc(Cl)s2)=NO1. The highest BCUT2D eigenvalue weighted by atomic mass is 35.5. The van der Waals surface area contributed by atoms with E-state index in [2.05, 4.69) is 10.1 Å². The van der Waals surface area contributed by atoms with Crippen LogP contribution in [0.3, 0.4) is 0 Å². The number of oxime groups is 1. The van der Waals surface area contributed by atoms with Gasteiger partial charge in [0.25, 0.3) is 5.91 Å². The van der Waals surface area contributed by atoms with Crippen LogP contribution < -0.4 is 0 Å². The van der Waals surface area contributed by atoms with E-state index in [9.17, 15) is 4.79 Å². The van der Waals surface area contributed by atoms with Crippen molar-refractivity contribution in [3.05, 3.63) is 51.4 Å². The molecule has 1 aliphatic heterocycles. The summed E-state index contributed by atoms with van der Waals surface area (Å²) in [6.45, 7) is 4.42. The molecule has 24 heavy (non-hydrogen) atoms. The molecule has 0 N–H and O–H groups in total. The van der Waals surface area contributed by atoms with Gasteiger partial charge in [-0.25, -0.2) is 0 Å². The van der Waals surface area contributed by atoms with Crippen LogP contribution in [0.25, 0.3) is 0 Å². The lowest BCUT2D eigenvalue weighted by Crippen LogP contribution is -2.43. The van der Waals surface area contributed by atoms with Gasteiger partial charge in [0.1, 0.15) is 5.71 Å². The van der Waals surface area contributed by atoms with Crippen molar-refractivity contribution in [1.82, 2.24) is 9.88 Å². The van der Waals surface area contributed by atoms with Crippen LogP contribution in [-0.2, 0) is 16.2 Å². The van der Waals surface area contributed by atoms with Crippen LogP contribution in [0.15, 0.2) is 41.7 Å². The Labute approximate surface area is 149 Å². The summed E-state index contributed by atoms with van der Waals surface area (Å²) in [5.74, 6) is -0.0722. The van der Waals surface area contributed by atoms with Crippen LogP contribution in [-0.4, -0.2) is 33.6 Å². The third-order valence-corrected chi connectivity index (χ3v) is 5.05. The number of halogens is 1. The highest BCUT2D eigenvalue weighted by Gasteiger charge is 2.34. The number of amides is 1. The van der Waals surface area contributed by atoms with Gasteiger partial charge in [0, 0.05) is 18.7 Å². The van der Waals surface area contributed by atoms with Crippen molar-refractivity contribution in [3.8, 4) is 0 Å². The largest absolute Gasteiger partial charge is 0.382 e. The van der Waals surface area contributed by atoms with Crippen LogP contribution in [0, 0.1) is 0 Å². The molecule has 5 nitrogen and oxygen atoms in total. The lowest BCUT2D eigenvalue weighted by molar-refractivity contribution is -0.144. The second kappa shape index (κ2) is 7.32. The highest BCUT2D eigenvalue weighted by Crippen LogP contribution is 2.27. The van der Waals surface area contributed by atoms with Gasteiger partial charge in [0.2, 0.25) is 6.10 Å². The van der Waals surface area contributed by atoms with E-state index in [1.54, 1.807) is 11.1 Å². The second-order valence-electron chi connectivity index (χ2n) is 5.82. The minimum Gasteiger partial charge on any atom is -0.382 e. The Morgan fingerprint density at radius 2 is 2.25 bits per heavy atom. The number of hydrogen-bond acceptors (Lipinski definition) is 5. The molecule has 0 saturated heterocycles. The van der Waals surface area contributed by atoms with E-state index in [-0.39, 0.29) is 11.9 Å². The van der Waals surface area contributed by atoms with Gasteiger partial charge < -0.3 is 9.74 Å². The Bertz CT molecular complexity index is 745. The molecule has 0 spiro atoms. The predicted octanol–water partition coefficient (Wildman–Crippen LogP) is 3.73. The van der Waals surface area contributed by atoms with Crippen molar-refractivity contribution in [1.29, 1.82) is 0 Å². The molecule has 3 rings (SSSR count). The molecule has 0 fully saturated rings. The van der Waals surface area contributed by atoms with Gasteiger partial charge in [-0.3, -0.25) is 9.78 Å². The quantitative estimate of drug-likeness (QED) is 0.813. The summed E-state index contributed by atoms with van der Waals surface area (Å²) < 4.78 is 0.696. The summed E-state index contributed by atoms with van der Waals surface area (Å²) in [5, 5.41) is 4.08. The van der Waals surface area contributed by atoms with Crippen molar-refractivity contribution >= 4 is 34.6 Å². The van der Waals surface area contributed by atoms with Gasteiger partial charge in [-0.2, -0.15) is 0 Å². The summed E-state index contributed by atoms with van der Waals surface area (Å²) in [6.07, 6.45) is 1.60. The Balaban J connectivity index is 1.68. The molecule has 0 radical (unpaired) electrons. The normalized spacial score (nSPS) is 16.8. The molecule has 7 heteroatoms. The summed E-state index contributed by atoms with van der Waals surface area (Å²) in [6, 6.07) is 9.45. The third-order valence-electron chi connectivity index (χ3n) is 3.77. The molecule has 0 aromatic carbocycles. The first-order chi connectivity index (χ1) is 11.5. The molecule has 2 aromatic rings. The average molecular weight is 364 g/mol. The Morgan fingerprint density at radius 3 is 2.88 bits per heavy atom. The minimum absolute atomic E-state index is 0.0448. The summed E-state index contributed by atoms with van der Waals surface area (Å²) in [7, 11) is 0. The van der Waals surface area contributed by atoms with Gasteiger partial charge in [-0.15, -0.1) is 11.3 Å². The van der Waals surface area contributed by atoms with Crippen LogP contribution >= 0.6 is 22.9 Å². The molecule has 0 aliphatic carbocycles. The van der Waals surface area contributed by atoms with E-state index >= 15 is 0 Å². The second-order valence-corrected chi connectivity index (χ2v) is 7.54. The number of thiophene rings is 1. The number of nitrogens with zero attached hydrogens (tertiary/aromatic N) is 3. The van der Waals surface area contributed by atoms with Gasteiger partial charge in [-0.1, -0.05) is 22.8 Å². The topological polar surface area (TPSA) is 54.8 Å². The Kier molecular flexibility index (Phi) is 5.16. The van der Waals surface area contributed by atoms with Crippen molar-refractivity contribution in [2.24, 2.45) is 5.16 Å². The molecule has 0 saturated carbocycles. The Morgan fingerprint density at radius 1 is 1.42 bits per heavy atom. The average Bonchev–Trinajstić information content (AvgIpc) is 3.21. The van der Waals surface area contributed by atoms with Crippen LogP contribution in [0.2, 0.25) is 4.34 Å². The maximum atomic E-state index is 12.9. The molecule has 126 valence electrons. The predicted molar refractivity (Wildman–Crippen MR) is 95.3 cm³/mol. The zero-order chi connectivity index (χ0) is 17.1. The van der Waals surface area contributed by atoms with Crippen LogP contribution in [0.1, 0.15) is 30.8 Å². The van der Waals surface area contributed by atoms with Gasteiger partial charge in [0.05, 0.1) is 21.5 Å². The maximum absolute atomic E-state index is 12.9. The first kappa shape index (κ1) is 16.9. The molecule has 3 heterocycles. The molecule has 1 aliphatic rings. The number of hydrogen-bond donors (Lipinski definition) is 0. The first-order valence-electron chi connectivity index (χ1n) is 7.73. The molecular formula is C17H18ClN3O2S. The fraction of sp³-hybridized carbons (Fsp3) is 0.353. The smallest absolute Gasteiger partial charge is 0.267 e. The highest BCUT2D eigenvalue weighted by molar-refractivity contribution is 7.18. The molecule has 2 aromatic heterocycles. The number of carbonyl (C=O) groups is 1. The number of carbonyl (C=O) groups excluding carboxylic acids is 1. The summed E-state index contributed by atoms with van der Waals surface area (Å²) >= 11 is 7.40. The molecule has 1 atom stereocenters. The molecule has 0 unspecified atom stereocenters. The molecule has 0 bridgehead atoms. The number of rotatable bonds is 5. The van der Waals surface area contributed by atoms with E-state index in [4.69, 9.17) is 16.4 Å². The van der Waals surface area contributed by atoms with Crippen LogP contribution in [0.4, 0.5) is 0 Å². The first-order valence-corrected chi connectivity index (χ1v) is 8.93. The zero-order valence-corrected chi connectivity index (χ0v) is 15.0. The fourth-order valence-electron chi connectivity index (χ4n) is 2.49. The van der Waals surface area contributed by atoms with Crippen molar-refractivity contribution in [2.75, 3.05) is 0 Å². The van der Waals surface area contributed by atoms with E-state index in [0.29, 0.717) is 17.3 Å². The fourth-order valence-corrected chi connectivity index (χ4v) is 3.52. The standard InChI is InChI=1S/C17H18ClN3O2S/c1-11(2)21(10-12-5-3-4-8-19-12)17(22)14-9-13(20-23-14)15-6-7-16(18)24-15/h3-8,11,14H,9-10H2,1-2H3/t14-/m0/s1. The van der Waals surface area contributed by atoms with E-state index < -0.39 is 6.10 Å². The molecular weight excluding hydrogens is 346 g/mol. The van der Waals surface area contributed by atoms with E-state index in [1.165, 1.54) is 11.3 Å². The van der Waals surface area contributed by atoms with E-state index in [0.717, 1.165) is 16.3 Å². The van der Waals surface area contributed by atoms with Crippen molar-refractivity contribution < 1.29 is 9.63 Å². The monoisotopic (exact) mass is 363 g/mol. The zero-order valence-electron chi connectivity index (χ0n) is 13.5. The van der Waals surface area contributed by atoms with Crippen LogP contribution in [0.5, 0.6) is 0 Å². The number of pyridine rings is 1. The van der Waals surface area contributed by atoms with Crippen molar-refractivity contribution in [3.63, 3.8) is 0 Å². The summed E-state index contributed by atoms with van der Waals surface area (Å²) in [5.41, 5.74) is 1.62. The van der Waals surface area contributed by atoms with E-state index in [1.807, 2.05) is 44.2 Å². The Hall–Kier alpha value is -1.92. The minimum atomic E-state index is -0.591. The van der Waals surface area contributed by atoms with Crippen molar-refractivity contribution in [2.45, 2.75) is 39.0 Å². The lowest BCUT2D eigenvalue weighted by atomic mass is 10.1. The lowest BCUT2D eigenvalue weighted by Gasteiger charge is -2.28. The van der Waals surface area contributed by atoms with Gasteiger partial charge in [-0.05, 0) is 38.1 Å².